The molecule has 1 atom stereocenters. The molecule has 9 heteroatoms. The van der Waals surface area contributed by atoms with Gasteiger partial charge in [0.25, 0.3) is 0 Å². The molecule has 0 spiro atoms. The van der Waals surface area contributed by atoms with Crippen LogP contribution in [0.15, 0.2) is 35.6 Å². The van der Waals surface area contributed by atoms with Crippen LogP contribution in [0.4, 0.5) is 5.69 Å². The van der Waals surface area contributed by atoms with Crippen molar-refractivity contribution in [1.29, 1.82) is 0 Å². The Hall–Kier alpha value is -2.68. The van der Waals surface area contributed by atoms with E-state index in [0.717, 1.165) is 40.7 Å². The topological polar surface area (TPSA) is 94.6 Å². The normalized spacial score (nSPS) is 21.3. The smallest absolute Gasteiger partial charge is 0.244 e. The highest BCUT2D eigenvalue weighted by atomic mass is 35.5. The molecule has 3 N–H and O–H groups in total. The van der Waals surface area contributed by atoms with E-state index in [1.165, 1.54) is 0 Å². The molecule has 1 amide bonds. The molecule has 0 aliphatic carbocycles. The van der Waals surface area contributed by atoms with Gasteiger partial charge in [-0.3, -0.25) is 19.7 Å². The highest BCUT2D eigenvalue weighted by Crippen LogP contribution is 2.33. The molecule has 3 aromatic rings. The summed E-state index contributed by atoms with van der Waals surface area (Å²) in [5.74, 6) is 0.790. The van der Waals surface area contributed by atoms with Crippen molar-refractivity contribution < 1.29 is 9.53 Å². The molecule has 2 aliphatic heterocycles. The number of carbonyl (C=O) groups excluding carboxylic acids is 1. The maximum absolute atomic E-state index is 13.4. The lowest BCUT2D eigenvalue weighted by Gasteiger charge is -2.42. The summed E-state index contributed by atoms with van der Waals surface area (Å²) in [4.78, 5) is 27.5. The maximum Gasteiger partial charge on any atom is 0.244 e. The fraction of sp³-hybridized carbons (Fsp3) is 0.409. The summed E-state index contributed by atoms with van der Waals surface area (Å²) in [5.41, 5.74) is 2.03. The number of fused-ring (bicyclic) bond motifs is 3. The van der Waals surface area contributed by atoms with E-state index in [1.807, 2.05) is 26.0 Å². The van der Waals surface area contributed by atoms with Gasteiger partial charge in [-0.1, -0.05) is 11.6 Å². The Labute approximate surface area is 185 Å². The van der Waals surface area contributed by atoms with E-state index in [0.29, 0.717) is 30.4 Å². The van der Waals surface area contributed by atoms with E-state index in [2.05, 4.69) is 30.5 Å². The number of aromatic nitrogens is 2. The van der Waals surface area contributed by atoms with Crippen LogP contribution in [0.3, 0.4) is 0 Å². The second-order valence-electron chi connectivity index (χ2n) is 8.66. The standard InChI is InChI=1S/C22H25ClN6O2/c1-22(2)12-29(10-19-25-5-6-26-19)18(11-31-22)21(30)28-16-8-13(23)7-15-14-3-4-24-9-17(14)27-20(15)16/h3-4,7-9,18,27H,5-6,10-12H2,1-2H3,(H,25,26)(H,28,30)/t18-/m0/s1. The van der Waals surface area contributed by atoms with Gasteiger partial charge in [-0.15, -0.1) is 0 Å². The molecule has 5 rings (SSSR count). The zero-order valence-electron chi connectivity index (χ0n) is 17.5. The van der Waals surface area contributed by atoms with E-state index in [-0.39, 0.29) is 11.5 Å². The first-order valence-electron chi connectivity index (χ1n) is 10.4. The number of hydrogen-bond donors (Lipinski definition) is 3. The second-order valence-corrected chi connectivity index (χ2v) is 9.09. The average molecular weight is 441 g/mol. The van der Waals surface area contributed by atoms with Crippen LogP contribution in [0.1, 0.15) is 13.8 Å². The number of hydrogen-bond acceptors (Lipinski definition) is 6. The number of halogens is 1. The summed E-state index contributed by atoms with van der Waals surface area (Å²) in [6, 6.07) is 5.17. The minimum Gasteiger partial charge on any atom is -0.372 e. The van der Waals surface area contributed by atoms with Gasteiger partial charge >= 0.3 is 0 Å². The number of aliphatic imine (C=N–C) groups is 1. The summed E-state index contributed by atoms with van der Waals surface area (Å²) >= 11 is 6.39. The van der Waals surface area contributed by atoms with Gasteiger partial charge in [-0.05, 0) is 32.0 Å². The van der Waals surface area contributed by atoms with Crippen molar-refractivity contribution in [2.45, 2.75) is 25.5 Å². The zero-order chi connectivity index (χ0) is 21.6. The fourth-order valence-electron chi connectivity index (χ4n) is 4.34. The van der Waals surface area contributed by atoms with E-state index < -0.39 is 6.04 Å². The number of amides is 1. The molecule has 4 heterocycles. The van der Waals surface area contributed by atoms with Crippen molar-refractivity contribution in [2.75, 3.05) is 38.1 Å². The number of H-pyrrole nitrogens is 1. The Balaban J connectivity index is 1.45. The fourth-order valence-corrected chi connectivity index (χ4v) is 4.56. The minimum absolute atomic E-state index is 0.130. The van der Waals surface area contributed by atoms with Crippen LogP contribution < -0.4 is 10.6 Å². The van der Waals surface area contributed by atoms with Crippen LogP contribution in [0, 0.1) is 0 Å². The number of aromatic amines is 1. The van der Waals surface area contributed by atoms with Crippen molar-refractivity contribution in [3.63, 3.8) is 0 Å². The number of pyridine rings is 1. The molecular formula is C22H25ClN6O2. The first-order valence-corrected chi connectivity index (χ1v) is 10.8. The van der Waals surface area contributed by atoms with Crippen molar-refractivity contribution in [2.24, 2.45) is 4.99 Å². The van der Waals surface area contributed by atoms with Crippen LogP contribution in [0.25, 0.3) is 21.8 Å². The number of rotatable bonds is 4. The molecule has 1 fully saturated rings. The molecule has 0 saturated carbocycles. The van der Waals surface area contributed by atoms with Crippen LogP contribution in [-0.2, 0) is 9.53 Å². The Kier molecular flexibility index (Phi) is 5.08. The lowest BCUT2D eigenvalue weighted by molar-refractivity contribution is -0.141. The molecule has 1 aromatic carbocycles. The molecule has 8 nitrogen and oxygen atoms in total. The minimum atomic E-state index is -0.432. The number of carbonyl (C=O) groups is 1. The highest BCUT2D eigenvalue weighted by molar-refractivity contribution is 6.33. The Morgan fingerprint density at radius 3 is 3.06 bits per heavy atom. The van der Waals surface area contributed by atoms with Gasteiger partial charge in [0.05, 0.1) is 48.2 Å². The van der Waals surface area contributed by atoms with Gasteiger partial charge in [0.2, 0.25) is 5.91 Å². The van der Waals surface area contributed by atoms with Gasteiger partial charge in [-0.2, -0.15) is 0 Å². The summed E-state index contributed by atoms with van der Waals surface area (Å²) in [5, 5.41) is 8.89. The number of morpholine rings is 1. The maximum atomic E-state index is 13.4. The van der Waals surface area contributed by atoms with Gasteiger partial charge < -0.3 is 20.4 Å². The monoisotopic (exact) mass is 440 g/mol. The quantitative estimate of drug-likeness (QED) is 0.580. The zero-order valence-corrected chi connectivity index (χ0v) is 18.3. The second kappa shape index (κ2) is 7.78. The number of anilines is 1. The van der Waals surface area contributed by atoms with E-state index in [9.17, 15) is 4.79 Å². The average Bonchev–Trinajstić information content (AvgIpc) is 3.35. The van der Waals surface area contributed by atoms with Crippen molar-refractivity contribution in [3.8, 4) is 0 Å². The van der Waals surface area contributed by atoms with Crippen LogP contribution in [0.2, 0.25) is 5.02 Å². The van der Waals surface area contributed by atoms with Gasteiger partial charge in [0.15, 0.2) is 0 Å². The number of amidine groups is 1. The van der Waals surface area contributed by atoms with E-state index in [4.69, 9.17) is 16.3 Å². The number of ether oxygens (including phenoxy) is 1. The molecule has 162 valence electrons. The molecular weight excluding hydrogens is 416 g/mol. The lowest BCUT2D eigenvalue weighted by Crippen LogP contribution is -2.59. The third-order valence-corrected chi connectivity index (χ3v) is 6.01. The predicted octanol–water partition coefficient (Wildman–Crippen LogP) is 2.79. The van der Waals surface area contributed by atoms with Crippen LogP contribution in [-0.4, -0.2) is 71.0 Å². The van der Waals surface area contributed by atoms with E-state index in [1.54, 1.807) is 18.5 Å². The molecule has 1 saturated heterocycles. The molecule has 31 heavy (non-hydrogen) atoms. The van der Waals surface area contributed by atoms with Gasteiger partial charge in [0, 0.05) is 35.1 Å². The van der Waals surface area contributed by atoms with Crippen molar-refractivity contribution in [3.05, 3.63) is 35.6 Å². The van der Waals surface area contributed by atoms with Crippen molar-refractivity contribution in [1.82, 2.24) is 20.2 Å². The van der Waals surface area contributed by atoms with Crippen molar-refractivity contribution >= 4 is 50.8 Å². The Morgan fingerprint density at radius 2 is 2.26 bits per heavy atom. The molecule has 0 bridgehead atoms. The Morgan fingerprint density at radius 1 is 1.39 bits per heavy atom. The molecule has 2 aliphatic rings. The number of nitrogens with one attached hydrogen (secondary N) is 3. The largest absolute Gasteiger partial charge is 0.372 e. The summed E-state index contributed by atoms with van der Waals surface area (Å²) in [6.45, 7) is 7.23. The number of nitrogens with zero attached hydrogens (tertiary/aromatic N) is 3. The SMILES string of the molecule is CC1(C)CN(CC2=NCCN2)[C@H](C(=O)Nc2cc(Cl)cc3c2[nH]c2cnccc23)CO1. The first kappa shape index (κ1) is 20.2. The number of benzene rings is 1. The van der Waals surface area contributed by atoms with Gasteiger partial charge in [-0.25, -0.2) is 0 Å². The lowest BCUT2D eigenvalue weighted by atomic mass is 10.0. The highest BCUT2D eigenvalue weighted by Gasteiger charge is 2.38. The van der Waals surface area contributed by atoms with E-state index >= 15 is 0 Å². The predicted molar refractivity (Wildman–Crippen MR) is 123 cm³/mol. The van der Waals surface area contributed by atoms with Gasteiger partial charge in [0.1, 0.15) is 11.9 Å². The molecule has 0 unspecified atom stereocenters. The third kappa shape index (κ3) is 3.98. The molecule has 0 radical (unpaired) electrons. The van der Waals surface area contributed by atoms with Crippen LogP contribution in [0.5, 0.6) is 0 Å². The third-order valence-electron chi connectivity index (χ3n) is 5.79. The molecule has 2 aromatic heterocycles. The summed E-state index contributed by atoms with van der Waals surface area (Å²) in [6.07, 6.45) is 3.51. The first-order chi connectivity index (χ1) is 14.9. The summed E-state index contributed by atoms with van der Waals surface area (Å²) in [7, 11) is 0. The Bertz CT molecular complexity index is 1190. The van der Waals surface area contributed by atoms with Crippen LogP contribution >= 0.6 is 11.6 Å². The summed E-state index contributed by atoms with van der Waals surface area (Å²) < 4.78 is 5.99.